The molecule has 3 rings (SSSR count). The molecule has 0 radical (unpaired) electrons. The molecule has 1 saturated heterocycles. The highest BCUT2D eigenvalue weighted by atomic mass is 32.2. The first-order valence-corrected chi connectivity index (χ1v) is 16.2. The van der Waals surface area contributed by atoms with Crippen LogP contribution in [0.2, 0.25) is 18.1 Å². The predicted molar refractivity (Wildman–Crippen MR) is 127 cm³/mol. The van der Waals surface area contributed by atoms with E-state index >= 15 is 0 Å². The van der Waals surface area contributed by atoms with Gasteiger partial charge in [-0.15, -0.1) is 0 Å². The SMILES string of the molecule is CC[Si](CC)(CC)O[C@@H]1[C@H]2C(=O)O[C@]3([C@@H]2CC3(C)C)[C@@H](O)[C@H](OS(C)(=O)=O)/C(C)=C/[C@H]1OC. The molecule has 0 aromatic rings. The highest BCUT2D eigenvalue weighted by Gasteiger charge is 2.77. The molecular weight excluding hydrogens is 464 g/mol. The molecule has 1 saturated carbocycles. The maximum atomic E-state index is 13.4. The molecule has 7 atom stereocenters. The van der Waals surface area contributed by atoms with Crippen LogP contribution in [0.25, 0.3) is 0 Å². The second kappa shape index (κ2) is 9.02. The Morgan fingerprint density at radius 1 is 1.21 bits per heavy atom. The van der Waals surface area contributed by atoms with Gasteiger partial charge >= 0.3 is 5.97 Å². The molecule has 8 nitrogen and oxygen atoms in total. The summed E-state index contributed by atoms with van der Waals surface area (Å²) in [5, 5.41) is 11.6. The smallest absolute Gasteiger partial charge is 0.312 e. The molecule has 0 unspecified atom stereocenters. The summed E-state index contributed by atoms with van der Waals surface area (Å²) in [6.45, 7) is 12.0. The minimum Gasteiger partial charge on any atom is -0.455 e. The molecule has 10 heteroatoms. The monoisotopic (exact) mass is 504 g/mol. The number of aliphatic hydroxyl groups is 1. The van der Waals surface area contributed by atoms with Gasteiger partial charge in [0.25, 0.3) is 10.1 Å². The third-order valence-electron chi connectivity index (χ3n) is 8.46. The maximum absolute atomic E-state index is 13.4. The van der Waals surface area contributed by atoms with Gasteiger partial charge < -0.3 is 19.0 Å². The summed E-state index contributed by atoms with van der Waals surface area (Å²) in [6, 6.07) is 2.71. The van der Waals surface area contributed by atoms with Gasteiger partial charge in [0, 0.05) is 18.4 Å². The van der Waals surface area contributed by atoms with Crippen LogP contribution in [0.1, 0.15) is 48.0 Å². The van der Waals surface area contributed by atoms with Gasteiger partial charge in [-0.1, -0.05) is 40.7 Å². The van der Waals surface area contributed by atoms with Crippen LogP contribution in [-0.4, -0.2) is 71.2 Å². The van der Waals surface area contributed by atoms with Crippen molar-refractivity contribution in [3.63, 3.8) is 0 Å². The second-order valence-electron chi connectivity index (χ2n) is 10.5. The highest BCUT2D eigenvalue weighted by Crippen LogP contribution is 2.66. The van der Waals surface area contributed by atoms with E-state index in [4.69, 9.17) is 18.1 Å². The van der Waals surface area contributed by atoms with Crippen molar-refractivity contribution in [3.05, 3.63) is 11.6 Å². The lowest BCUT2D eigenvalue weighted by molar-refractivity contribution is -0.251. The number of hydrogen-bond acceptors (Lipinski definition) is 8. The van der Waals surface area contributed by atoms with Gasteiger partial charge in [0.05, 0.1) is 18.3 Å². The first-order chi connectivity index (χ1) is 15.2. The van der Waals surface area contributed by atoms with Gasteiger partial charge in [0.1, 0.15) is 23.9 Å². The van der Waals surface area contributed by atoms with E-state index in [0.29, 0.717) is 12.0 Å². The average Bonchev–Trinajstić information content (AvgIpc) is 3.00. The number of carbonyl (C=O) groups excluding carboxylic acids is 1. The molecule has 2 fully saturated rings. The Bertz CT molecular complexity index is 888. The average molecular weight is 505 g/mol. The van der Waals surface area contributed by atoms with Gasteiger partial charge in [0.15, 0.2) is 8.32 Å². The Labute approximate surface area is 199 Å². The highest BCUT2D eigenvalue weighted by molar-refractivity contribution is 7.86. The van der Waals surface area contributed by atoms with E-state index in [1.54, 1.807) is 20.1 Å². The summed E-state index contributed by atoms with van der Waals surface area (Å²) in [4.78, 5) is 13.4. The Balaban J connectivity index is 2.21. The third kappa shape index (κ3) is 4.25. The molecule has 0 aromatic heterocycles. The molecule has 0 spiro atoms. The maximum Gasteiger partial charge on any atom is 0.312 e. The summed E-state index contributed by atoms with van der Waals surface area (Å²) in [5.41, 5.74) is -1.32. The van der Waals surface area contributed by atoms with Crippen LogP contribution in [0.5, 0.6) is 0 Å². The summed E-state index contributed by atoms with van der Waals surface area (Å²) >= 11 is 0. The molecular formula is C23H40O8SSi. The fraction of sp³-hybridized carbons (Fsp3) is 0.870. The van der Waals surface area contributed by atoms with Crippen molar-refractivity contribution in [2.24, 2.45) is 17.3 Å². The van der Waals surface area contributed by atoms with Gasteiger partial charge in [-0.25, -0.2) is 0 Å². The van der Waals surface area contributed by atoms with Crippen LogP contribution in [0.3, 0.4) is 0 Å². The number of aliphatic hydroxyl groups excluding tert-OH is 1. The zero-order valence-electron chi connectivity index (χ0n) is 21.1. The predicted octanol–water partition coefficient (Wildman–Crippen LogP) is 3.02. The van der Waals surface area contributed by atoms with Crippen molar-refractivity contribution in [1.29, 1.82) is 0 Å². The number of carbonyl (C=O) groups is 1. The number of rotatable bonds is 8. The fourth-order valence-electron chi connectivity index (χ4n) is 6.36. The Hall–Kier alpha value is -0.783. The molecule has 1 heterocycles. The number of esters is 1. The summed E-state index contributed by atoms with van der Waals surface area (Å²) in [7, 11) is -4.50. The van der Waals surface area contributed by atoms with E-state index in [0.717, 1.165) is 24.4 Å². The van der Waals surface area contributed by atoms with Crippen molar-refractivity contribution < 1.29 is 36.4 Å². The van der Waals surface area contributed by atoms with E-state index in [1.165, 1.54) is 0 Å². The molecule has 2 aliphatic carbocycles. The van der Waals surface area contributed by atoms with Crippen molar-refractivity contribution in [2.75, 3.05) is 13.4 Å². The van der Waals surface area contributed by atoms with Gasteiger partial charge in [-0.2, -0.15) is 8.42 Å². The van der Waals surface area contributed by atoms with Crippen molar-refractivity contribution >= 4 is 24.4 Å². The van der Waals surface area contributed by atoms with Crippen molar-refractivity contribution in [1.82, 2.24) is 0 Å². The quantitative estimate of drug-likeness (QED) is 0.233. The van der Waals surface area contributed by atoms with Gasteiger partial charge in [0.2, 0.25) is 0 Å². The third-order valence-corrected chi connectivity index (χ3v) is 13.7. The van der Waals surface area contributed by atoms with Crippen molar-refractivity contribution in [2.45, 2.75) is 96.1 Å². The van der Waals surface area contributed by atoms with Crippen LogP contribution in [0, 0.1) is 17.3 Å². The number of methoxy groups -OCH3 is 1. The Morgan fingerprint density at radius 3 is 2.24 bits per heavy atom. The minimum absolute atomic E-state index is 0.333. The van der Waals surface area contributed by atoms with Gasteiger partial charge in [-0.3, -0.25) is 8.98 Å². The molecule has 0 aromatic carbocycles. The normalized spacial score (nSPS) is 39.9. The zero-order valence-corrected chi connectivity index (χ0v) is 22.9. The topological polar surface area (TPSA) is 108 Å². The number of ether oxygens (including phenoxy) is 2. The Kier molecular flexibility index (Phi) is 7.33. The van der Waals surface area contributed by atoms with Crippen LogP contribution in [-0.2, 0) is 33.0 Å². The standard InChI is InChI=1S/C23H40O8SSi/c1-9-33(10-2,11-3)31-19-16(28-7)12-14(4)18(30-32(8,26)27)20(24)23-15(13-22(23,5)6)17(19)21(25)29-23/h12,15-20,24H,9-11,13H2,1-8H3/b14-12+/t15-,16-,17+,18-,19+,20+,23-/m1/s1. The van der Waals surface area contributed by atoms with E-state index in [1.807, 2.05) is 13.8 Å². The molecule has 1 N–H and O–H groups in total. The largest absolute Gasteiger partial charge is 0.455 e. The second-order valence-corrected chi connectivity index (χ2v) is 16.9. The molecule has 1 aliphatic heterocycles. The Morgan fingerprint density at radius 2 is 1.79 bits per heavy atom. The van der Waals surface area contributed by atoms with E-state index in [2.05, 4.69) is 20.8 Å². The lowest BCUT2D eigenvalue weighted by Gasteiger charge is -2.60. The van der Waals surface area contributed by atoms with Crippen LogP contribution < -0.4 is 0 Å². The molecule has 2 bridgehead atoms. The minimum atomic E-state index is -3.90. The summed E-state index contributed by atoms with van der Waals surface area (Å²) in [6.07, 6.45) is -0.413. The van der Waals surface area contributed by atoms with Crippen LogP contribution in [0.4, 0.5) is 0 Å². The van der Waals surface area contributed by atoms with E-state index < -0.39 is 65.8 Å². The molecule has 3 aliphatic rings. The number of hydrogen-bond donors (Lipinski definition) is 1. The first kappa shape index (κ1) is 26.8. The fourth-order valence-corrected chi connectivity index (χ4v) is 9.85. The van der Waals surface area contributed by atoms with E-state index in [-0.39, 0.29) is 5.92 Å². The van der Waals surface area contributed by atoms with Crippen LogP contribution in [0.15, 0.2) is 11.6 Å². The lowest BCUT2D eigenvalue weighted by atomic mass is 9.47. The van der Waals surface area contributed by atoms with E-state index in [9.17, 15) is 18.3 Å². The zero-order chi connectivity index (χ0) is 25.0. The van der Waals surface area contributed by atoms with Crippen LogP contribution >= 0.6 is 0 Å². The summed E-state index contributed by atoms with van der Waals surface area (Å²) in [5.74, 6) is -1.37. The molecule has 33 heavy (non-hydrogen) atoms. The van der Waals surface area contributed by atoms with Gasteiger partial charge in [-0.05, 0) is 37.0 Å². The molecule has 190 valence electrons. The van der Waals surface area contributed by atoms with Crippen molar-refractivity contribution in [3.8, 4) is 0 Å². The first-order valence-electron chi connectivity index (χ1n) is 11.9. The lowest BCUT2D eigenvalue weighted by Crippen LogP contribution is -2.70. The summed E-state index contributed by atoms with van der Waals surface area (Å²) < 4.78 is 48.4. The molecule has 0 amide bonds.